The molecule has 2 aliphatic heterocycles. The molecule has 2 aromatic carbocycles. The van der Waals surface area contributed by atoms with E-state index in [4.69, 9.17) is 9.47 Å². The zero-order chi connectivity index (χ0) is 19.0. The van der Waals surface area contributed by atoms with Crippen molar-refractivity contribution < 1.29 is 23.0 Å². The van der Waals surface area contributed by atoms with E-state index >= 15 is 0 Å². The van der Waals surface area contributed by atoms with Crippen LogP contribution in [0.3, 0.4) is 0 Å². The Morgan fingerprint density at radius 3 is 2.74 bits per heavy atom. The molecule has 7 nitrogen and oxygen atoms in total. The molecule has 2 aliphatic rings. The van der Waals surface area contributed by atoms with Crippen LogP contribution in [0.25, 0.3) is 0 Å². The minimum Gasteiger partial charge on any atom is -0.486 e. The molecular weight excluding hydrogens is 368 g/mol. The van der Waals surface area contributed by atoms with Crippen molar-refractivity contribution in [1.29, 1.82) is 0 Å². The van der Waals surface area contributed by atoms with Crippen molar-refractivity contribution in [2.45, 2.75) is 17.4 Å². The molecule has 2 aromatic rings. The fourth-order valence-electron chi connectivity index (χ4n) is 3.37. The number of benzene rings is 2. The minimum atomic E-state index is -3.77. The van der Waals surface area contributed by atoms with Gasteiger partial charge in [-0.15, -0.1) is 0 Å². The molecule has 0 aliphatic carbocycles. The third-order valence-corrected chi connectivity index (χ3v) is 6.33. The van der Waals surface area contributed by atoms with Gasteiger partial charge in [0.25, 0.3) is 0 Å². The van der Waals surface area contributed by atoms with Crippen molar-refractivity contribution in [3.8, 4) is 11.5 Å². The van der Waals surface area contributed by atoms with Crippen LogP contribution in [0.15, 0.2) is 41.3 Å². The summed E-state index contributed by atoms with van der Waals surface area (Å²) in [5.41, 5.74) is 3.03. The number of ether oxygens (including phenoxy) is 2. The fraction of sp³-hybridized carbons (Fsp3) is 0.368. The van der Waals surface area contributed by atoms with Gasteiger partial charge < -0.3 is 19.5 Å². The second kappa shape index (κ2) is 7.03. The van der Waals surface area contributed by atoms with Crippen LogP contribution < -0.4 is 19.1 Å². The van der Waals surface area contributed by atoms with E-state index < -0.39 is 16.1 Å². The molecule has 0 radical (unpaired) electrons. The number of sulfonamides is 1. The Bertz CT molecular complexity index is 961. The Labute approximate surface area is 158 Å². The lowest BCUT2D eigenvalue weighted by Crippen LogP contribution is -2.28. The summed E-state index contributed by atoms with van der Waals surface area (Å²) in [6, 6.07) is 10.2. The van der Waals surface area contributed by atoms with Crippen molar-refractivity contribution in [3.63, 3.8) is 0 Å². The Balaban J connectivity index is 1.46. The molecule has 144 valence electrons. The third kappa shape index (κ3) is 3.60. The van der Waals surface area contributed by atoms with Gasteiger partial charge in [-0.05, 0) is 35.7 Å². The summed E-state index contributed by atoms with van der Waals surface area (Å²) in [6.45, 7) is 1.67. The largest absolute Gasteiger partial charge is 0.486 e. The predicted octanol–water partition coefficient (Wildman–Crippen LogP) is 1.46. The number of hydrogen-bond donors (Lipinski definition) is 2. The Morgan fingerprint density at radius 1 is 1.15 bits per heavy atom. The number of rotatable bonds is 5. The lowest BCUT2D eigenvalue weighted by molar-refractivity contribution is 0.171. The number of fused-ring (bicyclic) bond motifs is 2. The van der Waals surface area contributed by atoms with E-state index in [1.165, 1.54) is 17.7 Å². The molecule has 0 saturated carbocycles. The van der Waals surface area contributed by atoms with Gasteiger partial charge in [-0.1, -0.05) is 12.1 Å². The summed E-state index contributed by atoms with van der Waals surface area (Å²) < 4.78 is 38.4. The maximum atomic E-state index is 12.6. The molecule has 0 aromatic heterocycles. The molecule has 27 heavy (non-hydrogen) atoms. The first-order chi connectivity index (χ1) is 12.9. The first-order valence-electron chi connectivity index (χ1n) is 8.85. The van der Waals surface area contributed by atoms with Gasteiger partial charge in [0.15, 0.2) is 11.5 Å². The van der Waals surface area contributed by atoms with E-state index in [2.05, 4.69) is 9.62 Å². The SMILES string of the molecule is CN1CCc2cc([C@@H](O)CNS(=O)(=O)c3ccc4c(c3)OCCO4)ccc21. The Kier molecular flexibility index (Phi) is 4.71. The standard InChI is InChI=1S/C19H22N2O5S/c1-21-7-6-13-10-14(2-4-16(13)21)17(22)12-20-27(23,24)15-3-5-18-19(11-15)26-9-8-25-18/h2-5,10-11,17,20,22H,6-9,12H2,1H3/t17-/m0/s1. The molecule has 2 N–H and O–H groups in total. The van der Waals surface area contributed by atoms with E-state index in [1.807, 2.05) is 25.2 Å². The number of nitrogens with one attached hydrogen (secondary N) is 1. The normalized spacial score (nSPS) is 16.9. The van der Waals surface area contributed by atoms with Gasteiger partial charge in [-0.2, -0.15) is 0 Å². The number of aliphatic hydroxyl groups is 1. The van der Waals surface area contributed by atoms with Crippen LogP contribution in [0.5, 0.6) is 11.5 Å². The maximum Gasteiger partial charge on any atom is 0.240 e. The second-order valence-electron chi connectivity index (χ2n) is 6.73. The molecule has 4 rings (SSSR count). The van der Waals surface area contributed by atoms with Crippen LogP contribution >= 0.6 is 0 Å². The number of likely N-dealkylation sites (N-methyl/N-ethyl adjacent to an activating group) is 1. The quantitative estimate of drug-likeness (QED) is 0.804. The van der Waals surface area contributed by atoms with Crippen LogP contribution in [0.4, 0.5) is 5.69 Å². The van der Waals surface area contributed by atoms with Crippen molar-refractivity contribution in [2.24, 2.45) is 0 Å². The van der Waals surface area contributed by atoms with Crippen LogP contribution in [-0.2, 0) is 16.4 Å². The average molecular weight is 390 g/mol. The highest BCUT2D eigenvalue weighted by molar-refractivity contribution is 7.89. The summed E-state index contributed by atoms with van der Waals surface area (Å²) in [5.74, 6) is 0.941. The Morgan fingerprint density at radius 2 is 1.93 bits per heavy atom. The lowest BCUT2D eigenvalue weighted by atomic mass is 10.0. The first-order valence-corrected chi connectivity index (χ1v) is 10.3. The molecule has 0 fully saturated rings. The van der Waals surface area contributed by atoms with Crippen LogP contribution in [0, 0.1) is 0 Å². The zero-order valence-electron chi connectivity index (χ0n) is 15.0. The van der Waals surface area contributed by atoms with Crippen LogP contribution in [0.2, 0.25) is 0 Å². The summed E-state index contributed by atoms with van der Waals surface area (Å²) >= 11 is 0. The van der Waals surface area contributed by atoms with E-state index in [0.717, 1.165) is 18.7 Å². The molecule has 0 spiro atoms. The fourth-order valence-corrected chi connectivity index (χ4v) is 4.43. The van der Waals surface area contributed by atoms with E-state index in [0.29, 0.717) is 30.3 Å². The van der Waals surface area contributed by atoms with Gasteiger partial charge in [0.1, 0.15) is 13.2 Å². The monoisotopic (exact) mass is 390 g/mol. The van der Waals surface area contributed by atoms with E-state index in [-0.39, 0.29) is 11.4 Å². The summed E-state index contributed by atoms with van der Waals surface area (Å²) in [5, 5.41) is 10.4. The van der Waals surface area contributed by atoms with Gasteiger partial charge in [0.05, 0.1) is 11.0 Å². The summed E-state index contributed by atoms with van der Waals surface area (Å²) in [4.78, 5) is 2.24. The minimum absolute atomic E-state index is 0.0783. The van der Waals surface area contributed by atoms with Gasteiger partial charge in [0, 0.05) is 31.9 Å². The molecule has 0 saturated heterocycles. The molecule has 0 bridgehead atoms. The molecular formula is C19H22N2O5S. The van der Waals surface area contributed by atoms with Crippen LogP contribution in [0.1, 0.15) is 17.2 Å². The van der Waals surface area contributed by atoms with Gasteiger partial charge in [-0.3, -0.25) is 0 Å². The number of hydrogen-bond acceptors (Lipinski definition) is 6. The summed E-state index contributed by atoms with van der Waals surface area (Å²) in [7, 11) is -1.74. The van der Waals surface area contributed by atoms with Crippen molar-refractivity contribution in [3.05, 3.63) is 47.5 Å². The van der Waals surface area contributed by atoms with Gasteiger partial charge in [-0.25, -0.2) is 13.1 Å². The molecule has 2 heterocycles. The summed E-state index contributed by atoms with van der Waals surface area (Å²) in [6.07, 6.45) is 0.00294. The molecule has 8 heteroatoms. The number of aliphatic hydroxyl groups excluding tert-OH is 1. The highest BCUT2D eigenvalue weighted by Gasteiger charge is 2.22. The average Bonchev–Trinajstić information content (AvgIpc) is 3.06. The van der Waals surface area contributed by atoms with Crippen molar-refractivity contribution in [2.75, 3.05) is 38.3 Å². The molecule has 1 atom stereocenters. The Hall–Kier alpha value is -2.29. The van der Waals surface area contributed by atoms with Gasteiger partial charge in [0.2, 0.25) is 10.0 Å². The zero-order valence-corrected chi connectivity index (χ0v) is 15.8. The smallest absolute Gasteiger partial charge is 0.240 e. The highest BCUT2D eigenvalue weighted by Crippen LogP contribution is 2.32. The van der Waals surface area contributed by atoms with Gasteiger partial charge >= 0.3 is 0 Å². The first kappa shape index (κ1) is 18.1. The number of anilines is 1. The highest BCUT2D eigenvalue weighted by atomic mass is 32.2. The predicted molar refractivity (Wildman–Crippen MR) is 101 cm³/mol. The third-order valence-electron chi connectivity index (χ3n) is 4.91. The van der Waals surface area contributed by atoms with E-state index in [1.54, 1.807) is 6.07 Å². The second-order valence-corrected chi connectivity index (χ2v) is 8.50. The number of nitrogens with zero attached hydrogens (tertiary/aromatic N) is 1. The topological polar surface area (TPSA) is 88.1 Å². The lowest BCUT2D eigenvalue weighted by Gasteiger charge is -2.19. The molecule has 0 unspecified atom stereocenters. The van der Waals surface area contributed by atoms with Crippen LogP contribution in [-0.4, -0.2) is 46.9 Å². The van der Waals surface area contributed by atoms with E-state index in [9.17, 15) is 13.5 Å². The van der Waals surface area contributed by atoms with Crippen molar-refractivity contribution in [1.82, 2.24) is 4.72 Å². The molecule has 0 amide bonds. The maximum absolute atomic E-state index is 12.6. The van der Waals surface area contributed by atoms with Crippen molar-refractivity contribution >= 4 is 15.7 Å².